The molecule has 0 N–H and O–H groups in total. The first-order chi connectivity index (χ1) is 28.0. The number of methoxy groups -OCH3 is 3. The highest BCUT2D eigenvalue weighted by Crippen LogP contribution is 2.53. The number of benzene rings is 1. The summed E-state index contributed by atoms with van der Waals surface area (Å²) < 4.78 is 108. The van der Waals surface area contributed by atoms with Crippen molar-refractivity contribution in [1.29, 1.82) is 0 Å². The Balaban J connectivity index is 2.88. The van der Waals surface area contributed by atoms with Crippen LogP contribution in [0.3, 0.4) is 0 Å². The Hall–Kier alpha value is -1.71. The Morgan fingerprint density at radius 1 is 0.386 bits per heavy atom. The molecule has 0 saturated heterocycles. The molecule has 0 aliphatic carbocycles. The third-order valence-corrected chi connectivity index (χ3v) is 9.14. The van der Waals surface area contributed by atoms with Crippen molar-refractivity contribution in [1.82, 2.24) is 0 Å². The van der Waals surface area contributed by atoms with Crippen LogP contribution in [0.15, 0.2) is 12.1 Å². The average Bonchev–Trinajstić information content (AvgIpc) is 3.19. The van der Waals surface area contributed by atoms with Gasteiger partial charge in [0.05, 0.1) is 158 Å². The van der Waals surface area contributed by atoms with Gasteiger partial charge in [0.2, 0.25) is 5.75 Å². The van der Waals surface area contributed by atoms with E-state index in [1.54, 1.807) is 47.3 Å². The van der Waals surface area contributed by atoms with Crippen molar-refractivity contribution in [3.8, 4) is 17.2 Å². The molecule has 0 fully saturated rings. The zero-order valence-corrected chi connectivity index (χ0v) is 35.9. The maximum absolute atomic E-state index is 13.5. The van der Waals surface area contributed by atoms with Gasteiger partial charge in [-0.1, -0.05) is 0 Å². The fraction of sp³-hybridized carbons (Fsp3) is 0.842. The lowest BCUT2D eigenvalue weighted by molar-refractivity contribution is -0.00160. The zero-order chi connectivity index (χ0) is 41.3. The SMILES string of the molecule is CCOP(=O)(Cc1cc(OCCOCCOCCOCCOC)c(OCCOCCOCCOCCOC)c(OCCOCCOCCOCCOC)c1)OCC. The highest BCUT2D eigenvalue weighted by molar-refractivity contribution is 7.53. The molecule has 0 spiro atoms. The second-order valence-electron chi connectivity index (χ2n) is 11.6. The van der Waals surface area contributed by atoms with Crippen LogP contribution in [0.25, 0.3) is 0 Å². The molecule has 0 aromatic heterocycles. The van der Waals surface area contributed by atoms with Crippen molar-refractivity contribution >= 4 is 7.60 Å². The molecule has 0 amide bonds. The van der Waals surface area contributed by atoms with Crippen LogP contribution in [0.2, 0.25) is 0 Å². The van der Waals surface area contributed by atoms with E-state index in [0.717, 1.165) is 0 Å². The van der Waals surface area contributed by atoms with Gasteiger partial charge in [-0.3, -0.25) is 4.57 Å². The largest absolute Gasteiger partial charge is 0.487 e. The molecule has 0 saturated carbocycles. The van der Waals surface area contributed by atoms with Crippen LogP contribution in [0.1, 0.15) is 19.4 Å². The van der Waals surface area contributed by atoms with Crippen LogP contribution >= 0.6 is 7.60 Å². The molecule has 0 bridgehead atoms. The van der Waals surface area contributed by atoms with Gasteiger partial charge < -0.3 is 80.1 Å². The lowest BCUT2D eigenvalue weighted by Crippen LogP contribution is -2.16. The van der Waals surface area contributed by atoms with Gasteiger partial charge in [0.25, 0.3) is 0 Å². The van der Waals surface area contributed by atoms with Crippen LogP contribution < -0.4 is 14.2 Å². The lowest BCUT2D eigenvalue weighted by Gasteiger charge is -2.21. The Kier molecular flexibility index (Phi) is 37.2. The Morgan fingerprint density at radius 2 is 0.649 bits per heavy atom. The fourth-order valence-electron chi connectivity index (χ4n) is 4.50. The van der Waals surface area contributed by atoms with E-state index in [1.165, 1.54) is 0 Å². The average molecular weight is 847 g/mol. The lowest BCUT2D eigenvalue weighted by atomic mass is 10.2. The fourth-order valence-corrected chi connectivity index (χ4v) is 6.17. The van der Waals surface area contributed by atoms with E-state index in [4.69, 9.17) is 80.1 Å². The standard InChI is InChI=1S/C38H71O18P/c1-6-55-57(39,56-7-2)34-35-32-36(52-29-26-49-23-20-46-17-14-43-11-8-40-3)38(54-31-28-51-25-22-48-19-16-45-13-10-42-5)37(33-35)53-30-27-50-24-21-47-18-15-44-12-9-41-4/h32-33H,6-31,34H2,1-5H3. The molecule has 57 heavy (non-hydrogen) atoms. The molecule has 0 aliphatic rings. The van der Waals surface area contributed by atoms with E-state index in [9.17, 15) is 4.57 Å². The minimum Gasteiger partial charge on any atom is -0.487 e. The molecule has 0 aliphatic heterocycles. The zero-order valence-electron chi connectivity index (χ0n) is 35.0. The summed E-state index contributed by atoms with van der Waals surface area (Å²) in [6.07, 6.45) is -0.00570. The molecule has 19 heteroatoms. The summed E-state index contributed by atoms with van der Waals surface area (Å²) in [7, 11) is 1.42. The van der Waals surface area contributed by atoms with Crippen LogP contribution in [-0.2, 0) is 76.6 Å². The highest BCUT2D eigenvalue weighted by atomic mass is 31.2. The Labute approximate surface area is 340 Å². The van der Waals surface area contributed by atoms with E-state index in [-0.39, 0.29) is 59.0 Å². The van der Waals surface area contributed by atoms with Gasteiger partial charge >= 0.3 is 7.60 Å². The van der Waals surface area contributed by atoms with Crippen molar-refractivity contribution in [2.75, 3.05) is 193 Å². The van der Waals surface area contributed by atoms with Gasteiger partial charge in [0, 0.05) is 21.3 Å². The van der Waals surface area contributed by atoms with Gasteiger partial charge in [0.1, 0.15) is 19.8 Å². The predicted molar refractivity (Wildman–Crippen MR) is 210 cm³/mol. The van der Waals surface area contributed by atoms with Gasteiger partial charge in [-0.05, 0) is 31.5 Å². The number of hydrogen-bond donors (Lipinski definition) is 0. The third-order valence-electron chi connectivity index (χ3n) is 7.08. The molecule has 0 atom stereocenters. The van der Waals surface area contributed by atoms with E-state index >= 15 is 0 Å². The van der Waals surface area contributed by atoms with E-state index in [1.807, 2.05) is 0 Å². The van der Waals surface area contributed by atoms with Crippen molar-refractivity contribution in [2.45, 2.75) is 20.0 Å². The molecule has 0 radical (unpaired) electrons. The summed E-state index contributed by atoms with van der Waals surface area (Å²) in [6.45, 7) is 13.7. The molecule has 1 aromatic carbocycles. The molecular formula is C38H71O18P. The van der Waals surface area contributed by atoms with Crippen molar-refractivity contribution in [2.24, 2.45) is 0 Å². The maximum atomic E-state index is 13.5. The first-order valence-electron chi connectivity index (χ1n) is 19.6. The van der Waals surface area contributed by atoms with Gasteiger partial charge in [-0.2, -0.15) is 0 Å². The van der Waals surface area contributed by atoms with E-state index in [0.29, 0.717) is 142 Å². The molecule has 1 aromatic rings. The number of ether oxygens (including phenoxy) is 15. The topological polar surface area (TPSA) is 174 Å². The minimum absolute atomic E-state index is 0.00570. The maximum Gasteiger partial charge on any atom is 0.335 e. The second-order valence-corrected chi connectivity index (χ2v) is 13.6. The highest BCUT2D eigenvalue weighted by Gasteiger charge is 2.26. The van der Waals surface area contributed by atoms with Crippen LogP contribution in [-0.4, -0.2) is 193 Å². The quantitative estimate of drug-likeness (QED) is 0.0687. The van der Waals surface area contributed by atoms with Crippen LogP contribution in [0.5, 0.6) is 17.2 Å². The smallest absolute Gasteiger partial charge is 0.335 e. The molecule has 18 nitrogen and oxygen atoms in total. The molecule has 0 heterocycles. The summed E-state index contributed by atoms with van der Waals surface area (Å²) in [6, 6.07) is 3.49. The van der Waals surface area contributed by atoms with Crippen LogP contribution in [0, 0.1) is 0 Å². The summed E-state index contributed by atoms with van der Waals surface area (Å²) in [5.74, 6) is 1.09. The first-order valence-corrected chi connectivity index (χ1v) is 21.4. The first kappa shape index (κ1) is 53.3. The third kappa shape index (κ3) is 30.9. The van der Waals surface area contributed by atoms with E-state index < -0.39 is 7.60 Å². The second kappa shape index (κ2) is 39.7. The van der Waals surface area contributed by atoms with Gasteiger partial charge in [-0.15, -0.1) is 0 Å². The van der Waals surface area contributed by atoms with Crippen molar-refractivity contribution < 1.29 is 84.7 Å². The minimum atomic E-state index is -3.47. The monoisotopic (exact) mass is 846 g/mol. The Morgan fingerprint density at radius 3 is 0.930 bits per heavy atom. The van der Waals surface area contributed by atoms with Gasteiger partial charge in [0.15, 0.2) is 11.5 Å². The summed E-state index contributed by atoms with van der Waals surface area (Å²) >= 11 is 0. The summed E-state index contributed by atoms with van der Waals surface area (Å²) in [5, 5.41) is 0. The van der Waals surface area contributed by atoms with E-state index in [2.05, 4.69) is 0 Å². The predicted octanol–water partition coefficient (Wildman–Crippen LogP) is 3.68. The molecule has 1 rings (SSSR count). The molecular weight excluding hydrogens is 775 g/mol. The summed E-state index contributed by atoms with van der Waals surface area (Å²) in [5.41, 5.74) is 0.612. The Bertz CT molecular complexity index is 1010. The van der Waals surface area contributed by atoms with Crippen molar-refractivity contribution in [3.63, 3.8) is 0 Å². The van der Waals surface area contributed by atoms with Gasteiger partial charge in [-0.25, -0.2) is 0 Å². The normalized spacial score (nSPS) is 11.7. The van der Waals surface area contributed by atoms with Crippen molar-refractivity contribution in [3.05, 3.63) is 17.7 Å². The summed E-state index contributed by atoms with van der Waals surface area (Å²) in [4.78, 5) is 0. The molecule has 0 unspecified atom stereocenters. The number of hydrogen-bond acceptors (Lipinski definition) is 18. The number of rotatable bonds is 45. The van der Waals surface area contributed by atoms with Crippen LogP contribution in [0.4, 0.5) is 0 Å². The molecule has 336 valence electrons.